The van der Waals surface area contributed by atoms with Crippen molar-refractivity contribution in [2.45, 2.75) is 0 Å². The third-order valence-electron chi connectivity index (χ3n) is 1.76. The summed E-state index contributed by atoms with van der Waals surface area (Å²) in [7, 11) is 0. The fraction of sp³-hybridized carbons (Fsp3) is 0. The van der Waals surface area contributed by atoms with Gasteiger partial charge in [0.05, 0.1) is 0 Å². The number of hydrogen-bond donors (Lipinski definition) is 6. The van der Waals surface area contributed by atoms with E-state index < -0.39 is 33.4 Å². The van der Waals surface area contributed by atoms with Crippen LogP contribution in [0.2, 0.25) is 0 Å². The summed E-state index contributed by atoms with van der Waals surface area (Å²) in [6, 6.07) is 0. The zero-order chi connectivity index (χ0) is 17.4. The topological polar surface area (TPSA) is 283 Å². The number of aliphatic imine (C=N–C) groups is 2. The predicted octanol–water partition coefficient (Wildman–Crippen LogP) is -4.75. The lowest BCUT2D eigenvalue weighted by Gasteiger charge is -2.22. The van der Waals surface area contributed by atoms with E-state index in [0.717, 1.165) is 0 Å². The lowest BCUT2D eigenvalue weighted by atomic mass is 10.6. The van der Waals surface area contributed by atoms with Crippen LogP contribution in [-0.2, 0) is 0 Å². The molecule has 0 radical (unpaired) electrons. The molecule has 22 heavy (non-hydrogen) atoms. The van der Waals surface area contributed by atoms with Gasteiger partial charge in [0.1, 0.15) is 0 Å². The average Bonchev–Trinajstić information content (AvgIpc) is 3.06. The molecule has 0 fully saturated rings. The number of nitrogens with one attached hydrogen (secondary N) is 2. The minimum atomic E-state index is -1.01. The van der Waals surface area contributed by atoms with Gasteiger partial charge in [-0.3, -0.25) is 10.3 Å². The molecule has 18 heteroatoms. The van der Waals surface area contributed by atoms with Crippen molar-refractivity contribution >= 4 is 11.9 Å². The van der Waals surface area contributed by atoms with Crippen LogP contribution in [0.25, 0.3) is 0 Å². The molecule has 0 saturated heterocycles. The summed E-state index contributed by atoms with van der Waals surface area (Å²) in [5.74, 6) is 1.12. The number of nitrogens with zero attached hydrogens (tertiary/aromatic N) is 6. The largest absolute Gasteiger partial charge is 0.725 e. The molecule has 0 amide bonds. The maximum atomic E-state index is 11.2. The van der Waals surface area contributed by atoms with E-state index in [1.165, 1.54) is 0 Å². The van der Waals surface area contributed by atoms with Crippen LogP contribution in [0.5, 0.6) is 0 Å². The second kappa shape index (κ2) is 8.20. The summed E-state index contributed by atoms with van der Waals surface area (Å²) in [4.78, 5) is 25.0. The van der Waals surface area contributed by atoms with Gasteiger partial charge in [0.25, 0.3) is 11.6 Å². The van der Waals surface area contributed by atoms with Gasteiger partial charge < -0.3 is 30.6 Å². The van der Waals surface area contributed by atoms with E-state index in [1.54, 1.807) is 10.9 Å². The Morgan fingerprint density at radius 2 is 1.14 bits per heavy atom. The fourth-order valence-electron chi connectivity index (χ4n) is 1.07. The van der Waals surface area contributed by atoms with Crippen molar-refractivity contribution in [3.8, 4) is 0 Å². The Kier molecular flexibility index (Phi) is 7.02. The van der Waals surface area contributed by atoms with Crippen LogP contribution in [0.3, 0.4) is 0 Å². The third-order valence-corrected chi connectivity index (χ3v) is 1.76. The van der Waals surface area contributed by atoms with Crippen LogP contribution in [-0.4, -0.2) is 42.5 Å². The molecule has 0 aromatic rings. The molecule has 18 nitrogen and oxygen atoms in total. The van der Waals surface area contributed by atoms with E-state index in [2.05, 4.69) is 21.8 Å². The first-order chi connectivity index (χ1) is 10.4. The molecular formula is C4H10N10O8. The standard InChI is InChI=1S/C4H2N8O6.2H4NO/c13-9-1(5-3(7-9)11(15)16)2-6-4(12(17)18)8-10(2)14;2*1-2/h(H,5,7)(H,6,8);2*2H,1H3/q-2;2*+1. The second-order valence-electron chi connectivity index (χ2n) is 2.84. The van der Waals surface area contributed by atoms with E-state index in [9.17, 15) is 30.6 Å². The lowest BCUT2D eigenvalue weighted by molar-refractivity contribution is -0.670. The molecule has 0 spiro atoms. The Bertz CT molecular complexity index is 481. The van der Waals surface area contributed by atoms with Crippen LogP contribution in [0.4, 0.5) is 0 Å². The normalized spacial score (nSPS) is 18.8. The van der Waals surface area contributed by atoms with Gasteiger partial charge >= 0.3 is 11.9 Å². The molecule has 0 bridgehead atoms. The van der Waals surface area contributed by atoms with E-state index in [0.29, 0.717) is 0 Å². The number of quaternary nitrogens is 2. The summed E-state index contributed by atoms with van der Waals surface area (Å²) in [5, 5.41) is 56.2. The third kappa shape index (κ3) is 3.92. The summed E-state index contributed by atoms with van der Waals surface area (Å²) in [6.07, 6.45) is 0. The average molecular weight is 326 g/mol. The number of rotatable bonds is 0. The minimum Gasteiger partial charge on any atom is -0.725 e. The molecule has 0 aliphatic carbocycles. The maximum Gasteiger partial charge on any atom is 0.451 e. The first-order valence-corrected chi connectivity index (χ1v) is 4.71. The van der Waals surface area contributed by atoms with Crippen molar-refractivity contribution in [2.75, 3.05) is 0 Å². The molecule has 2 aliphatic heterocycles. The Labute approximate surface area is 118 Å². The van der Waals surface area contributed by atoms with E-state index >= 15 is 0 Å². The molecule has 2 heterocycles. The molecule has 2 rings (SSSR count). The molecular weight excluding hydrogens is 316 g/mol. The Balaban J connectivity index is 0.00000102. The number of hydrogen-bond acceptors (Lipinski definition) is 14. The highest BCUT2D eigenvalue weighted by Gasteiger charge is 2.35. The zero-order valence-corrected chi connectivity index (χ0v) is 10.4. The molecule has 0 aromatic heterocycles. The van der Waals surface area contributed by atoms with Crippen molar-refractivity contribution in [1.82, 2.24) is 21.2 Å². The molecule has 2 aliphatic rings. The van der Waals surface area contributed by atoms with E-state index in [-0.39, 0.29) is 10.3 Å². The van der Waals surface area contributed by atoms with Crippen LogP contribution >= 0.6 is 0 Å². The number of hydrazine groups is 2. The van der Waals surface area contributed by atoms with Crippen LogP contribution in [0, 0.1) is 30.6 Å². The van der Waals surface area contributed by atoms with Gasteiger partial charge in [0.2, 0.25) is 0 Å². The molecule has 0 saturated carbocycles. The SMILES string of the molecule is O=[N+]([O-])C1=NC(=C2N=C([N+](=O)[O-])NN2[O-])N([O-])N1.[NH3+]O.[NH3+]O. The van der Waals surface area contributed by atoms with Crippen molar-refractivity contribution in [3.63, 3.8) is 0 Å². The lowest BCUT2D eigenvalue weighted by Crippen LogP contribution is -2.42. The molecule has 0 atom stereocenters. The van der Waals surface area contributed by atoms with E-state index in [4.69, 9.17) is 10.4 Å². The monoisotopic (exact) mass is 326 g/mol. The number of guanidine groups is 2. The smallest absolute Gasteiger partial charge is 0.451 e. The quantitative estimate of drug-likeness (QED) is 0.180. The Morgan fingerprint density at radius 1 is 0.864 bits per heavy atom. The van der Waals surface area contributed by atoms with Gasteiger partial charge in [-0.05, 0) is 19.8 Å². The minimum absolute atomic E-state index is 0.202. The molecule has 10 N–H and O–H groups in total. The highest BCUT2D eigenvalue weighted by Crippen LogP contribution is 2.20. The summed E-state index contributed by atoms with van der Waals surface area (Å²) < 4.78 is 0. The fourth-order valence-corrected chi connectivity index (χ4v) is 1.07. The van der Waals surface area contributed by atoms with Crippen molar-refractivity contribution in [1.29, 1.82) is 0 Å². The molecule has 0 aromatic carbocycles. The number of hydroxylamine groups is 2. The first kappa shape index (κ1) is 18.8. The molecule has 124 valence electrons. The van der Waals surface area contributed by atoms with Gasteiger partial charge in [-0.2, -0.15) is 10.9 Å². The highest BCUT2D eigenvalue weighted by atomic mass is 16.6. The Hall–Kier alpha value is -3.16. The van der Waals surface area contributed by atoms with Crippen LogP contribution < -0.4 is 22.6 Å². The highest BCUT2D eigenvalue weighted by molar-refractivity contribution is 5.77. The Morgan fingerprint density at radius 3 is 1.32 bits per heavy atom. The second-order valence-corrected chi connectivity index (χ2v) is 2.84. The van der Waals surface area contributed by atoms with E-state index in [1.807, 2.05) is 0 Å². The summed E-state index contributed by atoms with van der Waals surface area (Å²) >= 11 is 0. The van der Waals surface area contributed by atoms with Crippen molar-refractivity contribution in [3.05, 3.63) is 42.3 Å². The van der Waals surface area contributed by atoms with Gasteiger partial charge in [0, 0.05) is 0 Å². The van der Waals surface area contributed by atoms with Crippen LogP contribution in [0.15, 0.2) is 21.6 Å². The van der Waals surface area contributed by atoms with Crippen LogP contribution in [0.1, 0.15) is 0 Å². The molecule has 0 unspecified atom stereocenters. The first-order valence-electron chi connectivity index (χ1n) is 4.71. The van der Waals surface area contributed by atoms with Crippen molar-refractivity contribution < 1.29 is 32.1 Å². The van der Waals surface area contributed by atoms with Crippen molar-refractivity contribution in [2.24, 2.45) is 9.98 Å². The zero-order valence-electron chi connectivity index (χ0n) is 10.4. The predicted molar refractivity (Wildman–Crippen MR) is 61.9 cm³/mol. The van der Waals surface area contributed by atoms with Gasteiger partial charge in [-0.15, -0.1) is 0 Å². The summed E-state index contributed by atoms with van der Waals surface area (Å²) in [5.41, 5.74) is 3.37. The van der Waals surface area contributed by atoms with Gasteiger partial charge in [0.15, 0.2) is 0 Å². The number of nitro groups is 2. The van der Waals surface area contributed by atoms with Gasteiger partial charge in [-0.1, -0.05) is 0 Å². The summed E-state index contributed by atoms with van der Waals surface area (Å²) in [6.45, 7) is 0. The van der Waals surface area contributed by atoms with Gasteiger partial charge in [-0.25, -0.2) is 22.2 Å². The maximum absolute atomic E-state index is 11.2.